The third kappa shape index (κ3) is 1.75. The zero-order valence-electron chi connectivity index (χ0n) is 12.1. The van der Waals surface area contributed by atoms with E-state index in [1.165, 1.54) is 5.56 Å². The summed E-state index contributed by atoms with van der Waals surface area (Å²) in [5, 5.41) is 9.24. The molecule has 3 aromatic heterocycles. The van der Waals surface area contributed by atoms with Crippen LogP contribution in [0.2, 0.25) is 5.02 Å². The summed E-state index contributed by atoms with van der Waals surface area (Å²) < 4.78 is 4.12. The molecule has 0 radical (unpaired) electrons. The normalized spacial score (nSPS) is 25.2. The van der Waals surface area contributed by atoms with Crippen molar-refractivity contribution in [1.29, 1.82) is 0 Å². The highest BCUT2D eigenvalue weighted by Gasteiger charge is 2.48. The Balaban J connectivity index is 1.93. The number of hydrogen-bond donors (Lipinski definition) is 0. The van der Waals surface area contributed by atoms with Crippen molar-refractivity contribution in [2.45, 2.75) is 25.2 Å². The topological polar surface area (TPSA) is 35.1 Å². The van der Waals surface area contributed by atoms with E-state index in [9.17, 15) is 0 Å². The lowest BCUT2D eigenvalue weighted by atomic mass is 9.59. The Morgan fingerprint density at radius 3 is 2.86 bits per heavy atom. The first-order valence-corrected chi connectivity index (χ1v) is 7.59. The summed E-state index contributed by atoms with van der Waals surface area (Å²) in [5.41, 5.74) is 2.21. The summed E-state index contributed by atoms with van der Waals surface area (Å²) >= 11 is 6.46. The van der Waals surface area contributed by atoms with E-state index in [4.69, 9.17) is 11.6 Å². The first-order valence-electron chi connectivity index (χ1n) is 7.21. The van der Waals surface area contributed by atoms with E-state index in [2.05, 4.69) is 33.8 Å². The van der Waals surface area contributed by atoms with Gasteiger partial charge in [0.2, 0.25) is 0 Å². The molecule has 5 heteroatoms. The predicted molar refractivity (Wildman–Crippen MR) is 82.6 cm³/mol. The Bertz CT molecular complexity index is 811. The molecule has 3 heterocycles. The monoisotopic (exact) mass is 300 g/mol. The molecule has 0 N–H and O–H groups in total. The van der Waals surface area contributed by atoms with Crippen molar-refractivity contribution >= 4 is 17.1 Å². The molecule has 0 aliphatic heterocycles. The van der Waals surface area contributed by atoms with Gasteiger partial charge in [-0.3, -0.25) is 0 Å². The Kier molecular flexibility index (Phi) is 2.67. The maximum atomic E-state index is 6.46. The van der Waals surface area contributed by atoms with Crippen molar-refractivity contribution in [1.82, 2.24) is 19.2 Å². The fourth-order valence-electron chi connectivity index (χ4n) is 3.76. The number of halogens is 1. The van der Waals surface area contributed by atoms with Crippen LogP contribution < -0.4 is 0 Å². The standard InChI is InChI=1S/C16H17ClN4/c1-11-7-16(8-11,15-19-18-10-20(15)2)12-6-13(17)14-4-3-5-21(14)9-12/h3-6,9-11H,7-8H2,1-2H3. The number of hydrogen-bond acceptors (Lipinski definition) is 2. The van der Waals surface area contributed by atoms with E-state index < -0.39 is 0 Å². The van der Waals surface area contributed by atoms with Gasteiger partial charge in [-0.25, -0.2) is 0 Å². The van der Waals surface area contributed by atoms with Gasteiger partial charge in [0.1, 0.15) is 12.2 Å². The maximum absolute atomic E-state index is 6.46. The van der Waals surface area contributed by atoms with Crippen LogP contribution in [0.3, 0.4) is 0 Å². The molecule has 4 rings (SSSR count). The van der Waals surface area contributed by atoms with Gasteiger partial charge in [0.05, 0.1) is 16.0 Å². The lowest BCUT2D eigenvalue weighted by molar-refractivity contribution is 0.185. The average molecular weight is 301 g/mol. The van der Waals surface area contributed by atoms with Crippen LogP contribution in [0.4, 0.5) is 0 Å². The van der Waals surface area contributed by atoms with Crippen LogP contribution >= 0.6 is 11.6 Å². The van der Waals surface area contributed by atoms with Crippen LogP contribution in [0.5, 0.6) is 0 Å². The van der Waals surface area contributed by atoms with Gasteiger partial charge in [0, 0.05) is 19.4 Å². The second-order valence-corrected chi connectivity index (χ2v) is 6.65. The van der Waals surface area contributed by atoms with Crippen molar-refractivity contribution in [3.8, 4) is 0 Å². The largest absolute Gasteiger partial charge is 0.322 e. The maximum Gasteiger partial charge on any atom is 0.143 e. The minimum atomic E-state index is -0.0627. The fourth-order valence-corrected chi connectivity index (χ4v) is 4.04. The number of aryl methyl sites for hydroxylation is 1. The van der Waals surface area contributed by atoms with Crippen molar-refractivity contribution in [2.75, 3.05) is 0 Å². The SMILES string of the molecule is CC1CC(c2cc(Cl)c3cccn3c2)(c2nncn2C)C1. The van der Waals surface area contributed by atoms with Gasteiger partial charge in [0.15, 0.2) is 0 Å². The molecule has 0 atom stereocenters. The highest BCUT2D eigenvalue weighted by atomic mass is 35.5. The molecule has 4 nitrogen and oxygen atoms in total. The second-order valence-electron chi connectivity index (χ2n) is 6.24. The van der Waals surface area contributed by atoms with Crippen molar-refractivity contribution in [3.05, 3.63) is 53.3 Å². The number of nitrogens with zero attached hydrogens (tertiary/aromatic N) is 4. The summed E-state index contributed by atoms with van der Waals surface area (Å²) in [6, 6.07) is 6.14. The molecule has 108 valence electrons. The van der Waals surface area contributed by atoms with E-state index >= 15 is 0 Å². The van der Waals surface area contributed by atoms with Crippen molar-refractivity contribution in [3.63, 3.8) is 0 Å². The third-order valence-corrected chi connectivity index (χ3v) is 4.97. The molecular weight excluding hydrogens is 284 g/mol. The first kappa shape index (κ1) is 12.9. The van der Waals surface area contributed by atoms with Gasteiger partial charge in [-0.1, -0.05) is 18.5 Å². The molecule has 1 saturated carbocycles. The highest BCUT2D eigenvalue weighted by molar-refractivity contribution is 6.33. The molecule has 1 aliphatic rings. The van der Waals surface area contributed by atoms with E-state index in [-0.39, 0.29) is 5.41 Å². The van der Waals surface area contributed by atoms with E-state index in [1.54, 1.807) is 6.33 Å². The van der Waals surface area contributed by atoms with Crippen molar-refractivity contribution in [2.24, 2.45) is 13.0 Å². The zero-order valence-corrected chi connectivity index (χ0v) is 12.9. The molecule has 3 aromatic rings. The lowest BCUT2D eigenvalue weighted by Gasteiger charge is -2.46. The van der Waals surface area contributed by atoms with Crippen LogP contribution in [0, 0.1) is 5.92 Å². The third-order valence-electron chi connectivity index (χ3n) is 4.67. The average Bonchev–Trinajstić information content (AvgIpc) is 3.03. The zero-order chi connectivity index (χ0) is 14.6. The molecule has 21 heavy (non-hydrogen) atoms. The summed E-state index contributed by atoms with van der Waals surface area (Å²) in [6.07, 6.45) is 8.17. The lowest BCUT2D eigenvalue weighted by Crippen LogP contribution is -2.43. The number of aromatic nitrogens is 4. The summed E-state index contributed by atoms with van der Waals surface area (Å²) in [7, 11) is 2.01. The minimum Gasteiger partial charge on any atom is -0.322 e. The molecule has 0 saturated heterocycles. The molecule has 0 unspecified atom stereocenters. The molecule has 1 aliphatic carbocycles. The number of pyridine rings is 1. The Morgan fingerprint density at radius 2 is 2.19 bits per heavy atom. The van der Waals surface area contributed by atoms with Gasteiger partial charge in [-0.15, -0.1) is 10.2 Å². The van der Waals surface area contributed by atoms with Crippen molar-refractivity contribution < 1.29 is 0 Å². The summed E-state index contributed by atoms with van der Waals surface area (Å²) in [5.74, 6) is 1.73. The highest BCUT2D eigenvalue weighted by Crippen LogP contribution is 2.51. The molecular formula is C16H17ClN4. The Hall–Kier alpha value is -1.81. The van der Waals surface area contributed by atoms with Gasteiger partial charge >= 0.3 is 0 Å². The molecule has 0 aromatic carbocycles. The molecule has 1 fully saturated rings. The molecule has 0 amide bonds. The van der Waals surface area contributed by atoms with E-state index in [0.717, 1.165) is 29.2 Å². The van der Waals surface area contributed by atoms with Crippen LogP contribution in [0.1, 0.15) is 31.2 Å². The summed E-state index contributed by atoms with van der Waals surface area (Å²) in [4.78, 5) is 0. The predicted octanol–water partition coefficient (Wildman–Crippen LogP) is 3.44. The quantitative estimate of drug-likeness (QED) is 0.727. The Morgan fingerprint density at radius 1 is 1.38 bits per heavy atom. The van der Waals surface area contributed by atoms with Crippen LogP contribution in [-0.4, -0.2) is 19.2 Å². The minimum absolute atomic E-state index is 0.0627. The van der Waals surface area contributed by atoms with Crippen LogP contribution in [0.15, 0.2) is 36.9 Å². The van der Waals surface area contributed by atoms with Gasteiger partial charge in [-0.2, -0.15) is 0 Å². The van der Waals surface area contributed by atoms with Crippen LogP contribution in [-0.2, 0) is 12.5 Å². The van der Waals surface area contributed by atoms with Gasteiger partial charge < -0.3 is 8.97 Å². The Labute approximate surface area is 128 Å². The molecule has 0 spiro atoms. The second kappa shape index (κ2) is 4.34. The first-order chi connectivity index (χ1) is 10.1. The number of rotatable bonds is 2. The van der Waals surface area contributed by atoms with Gasteiger partial charge in [0.25, 0.3) is 0 Å². The van der Waals surface area contributed by atoms with Crippen LogP contribution in [0.25, 0.3) is 5.52 Å². The van der Waals surface area contributed by atoms with E-state index in [0.29, 0.717) is 5.92 Å². The number of fused-ring (bicyclic) bond motifs is 1. The van der Waals surface area contributed by atoms with Gasteiger partial charge in [-0.05, 0) is 42.5 Å². The molecule has 0 bridgehead atoms. The smallest absolute Gasteiger partial charge is 0.143 e. The summed E-state index contributed by atoms with van der Waals surface area (Å²) in [6.45, 7) is 2.28. The van der Waals surface area contributed by atoms with E-state index in [1.807, 2.05) is 29.9 Å². The fraction of sp³-hybridized carbons (Fsp3) is 0.375.